The minimum atomic E-state index is -3.77. The number of hydrogen-bond donors (Lipinski definition) is 2. The first-order valence-corrected chi connectivity index (χ1v) is 5.27. The van der Waals surface area contributed by atoms with Crippen molar-refractivity contribution in [3.05, 3.63) is 24.5 Å². The van der Waals surface area contributed by atoms with Crippen molar-refractivity contribution in [2.45, 2.75) is 30.8 Å². The molecule has 0 bridgehead atoms. The van der Waals surface area contributed by atoms with Crippen LogP contribution in [0.1, 0.15) is 19.3 Å². The SMILES string of the molecule is O=C(Nc1ccncc1)C(F)(F)C1(O)CCC1. The molecule has 2 N–H and O–H groups in total. The molecule has 4 nitrogen and oxygen atoms in total. The molecule has 1 aliphatic rings. The topological polar surface area (TPSA) is 62.2 Å². The standard InChI is InChI=1S/C11H12F2N2O2/c12-11(13,10(17)4-1-5-10)9(16)15-8-2-6-14-7-3-8/h2-3,6-7,17H,1,4-5H2,(H,14,15,16). The summed E-state index contributed by atoms with van der Waals surface area (Å²) in [4.78, 5) is 15.1. The first kappa shape index (κ1) is 11.9. The van der Waals surface area contributed by atoms with Crippen molar-refractivity contribution in [3.63, 3.8) is 0 Å². The normalized spacial score (nSPS) is 18.3. The van der Waals surface area contributed by atoms with Gasteiger partial charge in [-0.25, -0.2) is 0 Å². The molecule has 0 unspecified atom stereocenters. The molecule has 1 aliphatic carbocycles. The van der Waals surface area contributed by atoms with Crippen molar-refractivity contribution in [2.75, 3.05) is 5.32 Å². The molecule has 1 heterocycles. The molecule has 6 heteroatoms. The van der Waals surface area contributed by atoms with Gasteiger partial charge >= 0.3 is 5.92 Å². The second-order valence-electron chi connectivity index (χ2n) is 4.15. The van der Waals surface area contributed by atoms with Crippen molar-refractivity contribution in [2.24, 2.45) is 0 Å². The Kier molecular flexibility index (Phi) is 2.82. The molecule has 0 aromatic carbocycles. The highest BCUT2D eigenvalue weighted by Gasteiger charge is 2.61. The average molecular weight is 242 g/mol. The van der Waals surface area contributed by atoms with Gasteiger partial charge in [-0.05, 0) is 31.4 Å². The van der Waals surface area contributed by atoms with Crippen LogP contribution in [0.15, 0.2) is 24.5 Å². The summed E-state index contributed by atoms with van der Waals surface area (Å²) in [5, 5.41) is 11.6. The molecule has 1 amide bonds. The third kappa shape index (κ3) is 2.00. The number of alkyl halides is 2. The van der Waals surface area contributed by atoms with Crippen LogP contribution in [0.5, 0.6) is 0 Å². The minimum absolute atomic E-state index is 0.0518. The van der Waals surface area contributed by atoms with E-state index in [0.29, 0.717) is 6.42 Å². The molecule has 0 spiro atoms. The molecule has 1 aromatic rings. The van der Waals surface area contributed by atoms with E-state index < -0.39 is 17.4 Å². The predicted molar refractivity (Wildman–Crippen MR) is 56.6 cm³/mol. The third-order valence-corrected chi connectivity index (χ3v) is 2.99. The van der Waals surface area contributed by atoms with E-state index in [1.807, 2.05) is 0 Å². The Hall–Kier alpha value is -1.56. The number of hydrogen-bond acceptors (Lipinski definition) is 3. The predicted octanol–water partition coefficient (Wildman–Crippen LogP) is 1.57. The Morgan fingerprint density at radius 2 is 2.00 bits per heavy atom. The second kappa shape index (κ2) is 4.03. The van der Waals surface area contributed by atoms with Crippen molar-refractivity contribution < 1.29 is 18.7 Å². The van der Waals surface area contributed by atoms with Gasteiger partial charge in [-0.15, -0.1) is 0 Å². The summed E-state index contributed by atoms with van der Waals surface area (Å²) in [6.45, 7) is 0. The monoisotopic (exact) mass is 242 g/mol. The van der Waals surface area contributed by atoms with Crippen molar-refractivity contribution >= 4 is 11.6 Å². The molecule has 0 atom stereocenters. The van der Waals surface area contributed by atoms with E-state index in [0.717, 1.165) is 0 Å². The fourth-order valence-corrected chi connectivity index (χ4v) is 1.68. The highest BCUT2D eigenvalue weighted by molar-refractivity contribution is 5.97. The number of carbonyl (C=O) groups is 1. The van der Waals surface area contributed by atoms with E-state index in [2.05, 4.69) is 10.3 Å². The van der Waals surface area contributed by atoms with Gasteiger partial charge in [0.15, 0.2) is 0 Å². The Morgan fingerprint density at radius 1 is 1.41 bits per heavy atom. The number of aromatic nitrogens is 1. The lowest BCUT2D eigenvalue weighted by Crippen LogP contribution is -2.59. The van der Waals surface area contributed by atoms with Gasteiger partial charge in [-0.3, -0.25) is 9.78 Å². The Balaban J connectivity index is 2.10. The maximum atomic E-state index is 13.7. The van der Waals surface area contributed by atoms with Gasteiger partial charge in [-0.2, -0.15) is 8.78 Å². The number of rotatable bonds is 3. The van der Waals surface area contributed by atoms with E-state index >= 15 is 0 Å². The lowest BCUT2D eigenvalue weighted by atomic mass is 9.75. The van der Waals surface area contributed by atoms with Crippen LogP contribution in [0.3, 0.4) is 0 Å². The summed E-state index contributed by atoms with van der Waals surface area (Å²) < 4.78 is 27.3. The van der Waals surface area contributed by atoms with Crippen LogP contribution in [0.4, 0.5) is 14.5 Å². The second-order valence-corrected chi connectivity index (χ2v) is 4.15. The molecular weight excluding hydrogens is 230 g/mol. The zero-order chi connectivity index (χ0) is 12.5. The Labute approximate surface area is 96.7 Å². The molecule has 0 aliphatic heterocycles. The number of nitrogens with one attached hydrogen (secondary N) is 1. The molecule has 1 saturated carbocycles. The van der Waals surface area contributed by atoms with Crippen LogP contribution < -0.4 is 5.32 Å². The van der Waals surface area contributed by atoms with Crippen molar-refractivity contribution in [1.82, 2.24) is 4.98 Å². The number of amides is 1. The Bertz CT molecular complexity index is 419. The molecule has 17 heavy (non-hydrogen) atoms. The quantitative estimate of drug-likeness (QED) is 0.845. The molecular formula is C11H12F2N2O2. The zero-order valence-corrected chi connectivity index (χ0v) is 8.99. The number of aliphatic hydroxyl groups is 1. The summed E-state index contributed by atoms with van der Waals surface area (Å²) in [6.07, 6.45) is 3.17. The Morgan fingerprint density at radius 3 is 2.47 bits per heavy atom. The number of halogens is 2. The van der Waals surface area contributed by atoms with E-state index in [1.54, 1.807) is 0 Å². The number of pyridine rings is 1. The summed E-state index contributed by atoms with van der Waals surface area (Å²) in [7, 11) is 0. The van der Waals surface area contributed by atoms with Gasteiger partial charge < -0.3 is 10.4 Å². The van der Waals surface area contributed by atoms with Crippen LogP contribution in [-0.2, 0) is 4.79 Å². The van der Waals surface area contributed by atoms with E-state index in [4.69, 9.17) is 0 Å². The number of nitrogens with zero attached hydrogens (tertiary/aromatic N) is 1. The van der Waals surface area contributed by atoms with Gasteiger partial charge in [0.05, 0.1) is 0 Å². The lowest BCUT2D eigenvalue weighted by molar-refractivity contribution is -0.212. The van der Waals surface area contributed by atoms with Gasteiger partial charge in [-0.1, -0.05) is 0 Å². The van der Waals surface area contributed by atoms with E-state index in [-0.39, 0.29) is 18.5 Å². The largest absolute Gasteiger partial charge is 0.383 e. The maximum Gasteiger partial charge on any atom is 0.352 e. The fraction of sp³-hybridized carbons (Fsp3) is 0.455. The smallest absolute Gasteiger partial charge is 0.352 e. The lowest BCUT2D eigenvalue weighted by Gasteiger charge is -2.41. The van der Waals surface area contributed by atoms with Crippen LogP contribution in [0, 0.1) is 0 Å². The van der Waals surface area contributed by atoms with E-state index in [1.165, 1.54) is 24.5 Å². The molecule has 92 valence electrons. The first-order chi connectivity index (χ1) is 7.96. The summed E-state index contributed by atoms with van der Waals surface area (Å²) in [5.74, 6) is -5.25. The van der Waals surface area contributed by atoms with Crippen molar-refractivity contribution in [3.8, 4) is 0 Å². The minimum Gasteiger partial charge on any atom is -0.383 e. The molecule has 1 aromatic heterocycles. The number of anilines is 1. The van der Waals surface area contributed by atoms with Crippen LogP contribution in [0.2, 0.25) is 0 Å². The maximum absolute atomic E-state index is 13.7. The van der Waals surface area contributed by atoms with Crippen LogP contribution >= 0.6 is 0 Å². The summed E-state index contributed by atoms with van der Waals surface area (Å²) in [6, 6.07) is 2.80. The van der Waals surface area contributed by atoms with Gasteiger partial charge in [0.1, 0.15) is 5.60 Å². The van der Waals surface area contributed by atoms with Crippen molar-refractivity contribution in [1.29, 1.82) is 0 Å². The zero-order valence-electron chi connectivity index (χ0n) is 8.99. The molecule has 1 fully saturated rings. The molecule has 0 saturated heterocycles. The highest BCUT2D eigenvalue weighted by atomic mass is 19.3. The van der Waals surface area contributed by atoms with E-state index in [9.17, 15) is 18.7 Å². The highest BCUT2D eigenvalue weighted by Crippen LogP contribution is 2.44. The fourth-order valence-electron chi connectivity index (χ4n) is 1.68. The van der Waals surface area contributed by atoms with Gasteiger partial charge in [0.25, 0.3) is 5.91 Å². The molecule has 0 radical (unpaired) electrons. The average Bonchev–Trinajstić information content (AvgIpc) is 2.27. The third-order valence-electron chi connectivity index (χ3n) is 2.99. The number of carbonyl (C=O) groups excluding carboxylic acids is 1. The van der Waals surface area contributed by atoms with Gasteiger partial charge in [0, 0.05) is 18.1 Å². The first-order valence-electron chi connectivity index (χ1n) is 5.27. The van der Waals surface area contributed by atoms with Gasteiger partial charge in [0.2, 0.25) is 0 Å². The molecule has 2 rings (SSSR count). The summed E-state index contributed by atoms with van der Waals surface area (Å²) in [5.41, 5.74) is -1.96. The van der Waals surface area contributed by atoms with Crippen LogP contribution in [-0.4, -0.2) is 27.5 Å². The van der Waals surface area contributed by atoms with Crippen LogP contribution in [0.25, 0.3) is 0 Å². The summed E-state index contributed by atoms with van der Waals surface area (Å²) >= 11 is 0.